The van der Waals surface area contributed by atoms with E-state index in [9.17, 15) is 14.0 Å². The first-order valence-electron chi connectivity index (χ1n) is 9.53. The summed E-state index contributed by atoms with van der Waals surface area (Å²) < 4.78 is 15.9. The molecule has 2 aromatic rings. The van der Waals surface area contributed by atoms with Crippen molar-refractivity contribution in [3.05, 3.63) is 45.0 Å². The van der Waals surface area contributed by atoms with Crippen LogP contribution in [0.2, 0.25) is 5.02 Å². The molecule has 3 atom stereocenters. The molecule has 1 aliphatic heterocycles. The van der Waals surface area contributed by atoms with Crippen molar-refractivity contribution in [3.63, 3.8) is 0 Å². The van der Waals surface area contributed by atoms with E-state index >= 15 is 0 Å². The van der Waals surface area contributed by atoms with Crippen LogP contribution in [0.15, 0.2) is 23.1 Å². The monoisotopic (exact) mass is 425 g/mol. The van der Waals surface area contributed by atoms with Gasteiger partial charge in [0.1, 0.15) is 11.4 Å². The van der Waals surface area contributed by atoms with Crippen LogP contribution in [0.25, 0.3) is 10.9 Å². The van der Waals surface area contributed by atoms with Gasteiger partial charge in [-0.15, -0.1) is 12.4 Å². The lowest BCUT2D eigenvalue weighted by Gasteiger charge is -2.20. The molecule has 3 unspecified atom stereocenters. The molecule has 3 aliphatic rings. The number of halogens is 3. The zero-order valence-corrected chi connectivity index (χ0v) is 16.8. The van der Waals surface area contributed by atoms with Gasteiger partial charge in [0.2, 0.25) is 5.43 Å². The summed E-state index contributed by atoms with van der Waals surface area (Å²) in [7, 11) is 0. The van der Waals surface area contributed by atoms with E-state index in [1.165, 1.54) is 6.07 Å². The highest BCUT2D eigenvalue weighted by atomic mass is 35.5. The molecular weight excluding hydrogens is 404 g/mol. The number of aromatic nitrogens is 1. The van der Waals surface area contributed by atoms with Crippen molar-refractivity contribution < 1.29 is 9.18 Å². The van der Waals surface area contributed by atoms with Gasteiger partial charge in [-0.25, -0.2) is 4.39 Å². The maximum Gasteiger partial charge on any atom is 0.259 e. The molecule has 150 valence electrons. The van der Waals surface area contributed by atoms with Crippen LogP contribution in [0.5, 0.6) is 0 Å². The van der Waals surface area contributed by atoms with Gasteiger partial charge in [0, 0.05) is 36.8 Å². The molecule has 28 heavy (non-hydrogen) atoms. The quantitative estimate of drug-likeness (QED) is 0.801. The molecule has 2 N–H and O–H groups in total. The smallest absolute Gasteiger partial charge is 0.259 e. The third kappa shape index (κ3) is 3.02. The summed E-state index contributed by atoms with van der Waals surface area (Å²) in [6.07, 6.45) is 5.63. The van der Waals surface area contributed by atoms with Crippen LogP contribution in [0, 0.1) is 17.7 Å². The van der Waals surface area contributed by atoms with Crippen molar-refractivity contribution in [2.45, 2.75) is 37.8 Å². The molecule has 0 radical (unpaired) electrons. The fourth-order valence-corrected chi connectivity index (χ4v) is 4.95. The SMILES string of the molecule is Cl.NC1CCC2CN(C(=O)c3cn(C4CC4)c4cc(Cl)c(F)cc4c3=O)CC12. The van der Waals surface area contributed by atoms with Crippen LogP contribution in [0.1, 0.15) is 42.1 Å². The molecule has 5 nitrogen and oxygen atoms in total. The predicted molar refractivity (Wildman–Crippen MR) is 109 cm³/mol. The first-order chi connectivity index (χ1) is 12.9. The average Bonchev–Trinajstić information content (AvgIpc) is 3.30. The van der Waals surface area contributed by atoms with Gasteiger partial charge in [-0.05, 0) is 49.7 Å². The number of nitrogens with two attached hydrogens (primary N) is 1. The third-order valence-electron chi connectivity index (χ3n) is 6.44. The molecule has 1 aromatic carbocycles. The Balaban J connectivity index is 0.00000192. The lowest BCUT2D eigenvalue weighted by atomic mass is 9.98. The Morgan fingerprint density at radius 3 is 2.61 bits per heavy atom. The molecule has 0 spiro atoms. The van der Waals surface area contributed by atoms with Gasteiger partial charge in [0.15, 0.2) is 0 Å². The number of carbonyl (C=O) groups is 1. The van der Waals surface area contributed by atoms with E-state index in [0.717, 1.165) is 31.7 Å². The Morgan fingerprint density at radius 2 is 1.93 bits per heavy atom. The minimum Gasteiger partial charge on any atom is -0.343 e. The molecule has 1 aromatic heterocycles. The van der Waals surface area contributed by atoms with Crippen molar-refractivity contribution in [3.8, 4) is 0 Å². The molecule has 0 bridgehead atoms. The largest absolute Gasteiger partial charge is 0.343 e. The molecule has 5 rings (SSSR count). The number of nitrogens with zero attached hydrogens (tertiary/aromatic N) is 2. The number of fused-ring (bicyclic) bond motifs is 2. The first kappa shape index (κ1) is 19.7. The second-order valence-electron chi connectivity index (χ2n) is 8.17. The Morgan fingerprint density at radius 1 is 1.18 bits per heavy atom. The van der Waals surface area contributed by atoms with E-state index in [2.05, 4.69) is 0 Å². The zero-order chi connectivity index (χ0) is 18.9. The minimum atomic E-state index is -0.644. The molecular formula is C20H22Cl2FN3O2. The van der Waals surface area contributed by atoms with Crippen LogP contribution < -0.4 is 11.2 Å². The van der Waals surface area contributed by atoms with Gasteiger partial charge in [-0.2, -0.15) is 0 Å². The highest BCUT2D eigenvalue weighted by Crippen LogP contribution is 2.39. The number of benzene rings is 1. The maximum absolute atomic E-state index is 14.0. The minimum absolute atomic E-state index is 0. The van der Waals surface area contributed by atoms with Crippen molar-refractivity contribution >= 4 is 40.8 Å². The van der Waals surface area contributed by atoms with E-state index in [1.807, 2.05) is 4.57 Å². The molecule has 3 fully saturated rings. The summed E-state index contributed by atoms with van der Waals surface area (Å²) in [6, 6.07) is 3.00. The molecule has 2 aliphatic carbocycles. The first-order valence-corrected chi connectivity index (χ1v) is 9.90. The number of hydrogen-bond acceptors (Lipinski definition) is 3. The number of likely N-dealkylation sites (tertiary alicyclic amines) is 1. The van der Waals surface area contributed by atoms with Crippen LogP contribution in [0.3, 0.4) is 0 Å². The van der Waals surface area contributed by atoms with Crippen molar-refractivity contribution in [1.29, 1.82) is 0 Å². The molecule has 1 saturated heterocycles. The lowest BCUT2D eigenvalue weighted by molar-refractivity contribution is 0.0777. The van der Waals surface area contributed by atoms with Gasteiger partial charge in [-0.1, -0.05) is 11.6 Å². The maximum atomic E-state index is 14.0. The molecule has 8 heteroatoms. The fourth-order valence-electron chi connectivity index (χ4n) is 4.79. The van der Waals surface area contributed by atoms with Crippen molar-refractivity contribution in [2.24, 2.45) is 17.6 Å². The summed E-state index contributed by atoms with van der Waals surface area (Å²) in [5.74, 6) is -0.175. The van der Waals surface area contributed by atoms with E-state index in [1.54, 1.807) is 11.1 Å². The fraction of sp³-hybridized carbons (Fsp3) is 0.500. The van der Waals surface area contributed by atoms with Crippen LogP contribution in [-0.4, -0.2) is 34.5 Å². The van der Waals surface area contributed by atoms with Crippen LogP contribution >= 0.6 is 24.0 Å². The van der Waals surface area contributed by atoms with Gasteiger partial charge < -0.3 is 15.2 Å². The molecule has 2 heterocycles. The number of hydrogen-bond donors (Lipinski definition) is 1. The third-order valence-corrected chi connectivity index (χ3v) is 6.73. The highest BCUT2D eigenvalue weighted by Gasteiger charge is 2.43. The summed E-state index contributed by atoms with van der Waals surface area (Å²) in [4.78, 5) is 27.9. The predicted octanol–water partition coefficient (Wildman–Crippen LogP) is 3.36. The highest BCUT2D eigenvalue weighted by molar-refractivity contribution is 6.31. The Kier molecular flexibility index (Phi) is 4.92. The van der Waals surface area contributed by atoms with Crippen molar-refractivity contribution in [2.75, 3.05) is 13.1 Å². The van der Waals surface area contributed by atoms with Crippen LogP contribution in [0.4, 0.5) is 4.39 Å². The molecule has 2 saturated carbocycles. The standard InChI is InChI=1S/C20H21ClFN3O2.ClH/c21-15-6-18-12(5-16(15)22)19(26)14(9-25(18)11-2-3-11)20(27)24-7-10-1-4-17(23)13(10)8-24;/h5-6,9-11,13,17H,1-4,7-8,23H2;1H. The van der Waals surface area contributed by atoms with Crippen LogP contribution in [-0.2, 0) is 0 Å². The number of carbonyl (C=O) groups excluding carboxylic acids is 1. The number of rotatable bonds is 2. The number of amides is 1. The zero-order valence-electron chi connectivity index (χ0n) is 15.2. The Bertz CT molecular complexity index is 1020. The van der Waals surface area contributed by atoms with Gasteiger partial charge in [0.05, 0.1) is 10.5 Å². The molecule has 1 amide bonds. The van der Waals surface area contributed by atoms with E-state index < -0.39 is 11.2 Å². The second kappa shape index (κ2) is 7.01. The van der Waals surface area contributed by atoms with E-state index in [0.29, 0.717) is 30.4 Å². The topological polar surface area (TPSA) is 68.3 Å². The Labute approximate surface area is 173 Å². The van der Waals surface area contributed by atoms with E-state index in [-0.39, 0.29) is 46.4 Å². The number of pyridine rings is 1. The average molecular weight is 426 g/mol. The van der Waals surface area contributed by atoms with Gasteiger partial charge in [0.25, 0.3) is 5.91 Å². The summed E-state index contributed by atoms with van der Waals surface area (Å²) in [5.41, 5.74) is 6.45. The van der Waals surface area contributed by atoms with Gasteiger partial charge >= 0.3 is 0 Å². The van der Waals surface area contributed by atoms with Gasteiger partial charge in [-0.3, -0.25) is 9.59 Å². The summed E-state index contributed by atoms with van der Waals surface area (Å²) in [6.45, 7) is 1.24. The summed E-state index contributed by atoms with van der Waals surface area (Å²) >= 11 is 5.93. The second-order valence-corrected chi connectivity index (χ2v) is 8.58. The lowest BCUT2D eigenvalue weighted by Crippen LogP contribution is -2.36. The van der Waals surface area contributed by atoms with E-state index in [4.69, 9.17) is 17.3 Å². The van der Waals surface area contributed by atoms with Crippen molar-refractivity contribution in [1.82, 2.24) is 9.47 Å². The summed E-state index contributed by atoms with van der Waals surface area (Å²) in [5, 5.41) is 0.197. The normalized spacial score (nSPS) is 26.4. The Hall–Kier alpha value is -1.63.